The Kier molecular flexibility index (Phi) is 4.21. The Bertz CT molecular complexity index is 1020. The van der Waals surface area contributed by atoms with Crippen LogP contribution < -0.4 is 10.6 Å². The first kappa shape index (κ1) is 15.8. The molecule has 4 aromatic rings. The number of aromatic nitrogens is 4. The van der Waals surface area contributed by atoms with E-state index < -0.39 is 0 Å². The SMILES string of the molecule is Cc1nc2ccc(Nc3nc(Cl)nc(NCc4ccco4)n3)cc2s1. The highest BCUT2D eigenvalue weighted by Crippen LogP contribution is 2.26. The fourth-order valence-electron chi connectivity index (χ4n) is 2.31. The molecule has 3 heterocycles. The molecular weight excluding hydrogens is 360 g/mol. The molecule has 0 saturated heterocycles. The average molecular weight is 373 g/mol. The van der Waals surface area contributed by atoms with Crippen LogP contribution in [-0.2, 0) is 6.54 Å². The lowest BCUT2D eigenvalue weighted by molar-refractivity contribution is 0.517. The molecule has 0 radical (unpaired) electrons. The molecule has 0 bridgehead atoms. The van der Waals surface area contributed by atoms with Gasteiger partial charge in [-0.3, -0.25) is 0 Å². The lowest BCUT2D eigenvalue weighted by atomic mass is 10.3. The van der Waals surface area contributed by atoms with Gasteiger partial charge in [0.15, 0.2) is 0 Å². The lowest BCUT2D eigenvalue weighted by Gasteiger charge is -2.07. The molecule has 0 aliphatic heterocycles. The second-order valence-electron chi connectivity index (χ2n) is 5.22. The molecule has 0 fully saturated rings. The minimum Gasteiger partial charge on any atom is -0.467 e. The molecule has 1 aromatic carbocycles. The van der Waals surface area contributed by atoms with Gasteiger partial charge in [0.1, 0.15) is 5.76 Å². The van der Waals surface area contributed by atoms with Crippen molar-refractivity contribution < 1.29 is 4.42 Å². The number of halogens is 1. The zero-order chi connectivity index (χ0) is 17.2. The normalized spacial score (nSPS) is 11.0. The van der Waals surface area contributed by atoms with Gasteiger partial charge in [-0.1, -0.05) is 0 Å². The number of furan rings is 1. The summed E-state index contributed by atoms with van der Waals surface area (Å²) in [6.45, 7) is 2.44. The molecule has 0 saturated carbocycles. The highest BCUT2D eigenvalue weighted by atomic mass is 35.5. The molecule has 0 aliphatic rings. The van der Waals surface area contributed by atoms with E-state index in [2.05, 4.69) is 30.6 Å². The third kappa shape index (κ3) is 3.70. The van der Waals surface area contributed by atoms with Crippen LogP contribution in [0.15, 0.2) is 41.0 Å². The van der Waals surface area contributed by atoms with Crippen molar-refractivity contribution in [3.05, 3.63) is 52.6 Å². The van der Waals surface area contributed by atoms with Crippen molar-refractivity contribution in [1.82, 2.24) is 19.9 Å². The zero-order valence-electron chi connectivity index (χ0n) is 13.2. The van der Waals surface area contributed by atoms with Crippen LogP contribution in [0, 0.1) is 6.92 Å². The quantitative estimate of drug-likeness (QED) is 0.537. The van der Waals surface area contributed by atoms with Crippen molar-refractivity contribution in [2.45, 2.75) is 13.5 Å². The summed E-state index contributed by atoms with van der Waals surface area (Å²) >= 11 is 7.64. The summed E-state index contributed by atoms with van der Waals surface area (Å²) in [6.07, 6.45) is 1.61. The van der Waals surface area contributed by atoms with Gasteiger partial charge in [-0.2, -0.15) is 15.0 Å². The number of benzene rings is 1. The second kappa shape index (κ2) is 6.66. The number of hydrogen-bond donors (Lipinski definition) is 2. The number of thiazole rings is 1. The van der Waals surface area contributed by atoms with Crippen molar-refractivity contribution >= 4 is 50.7 Å². The molecule has 2 N–H and O–H groups in total. The predicted octanol–water partition coefficient (Wildman–Crippen LogP) is 4.39. The van der Waals surface area contributed by atoms with Crippen LogP contribution >= 0.6 is 22.9 Å². The molecule has 0 amide bonds. The van der Waals surface area contributed by atoms with Gasteiger partial charge in [0.05, 0.1) is 28.0 Å². The Morgan fingerprint density at radius 2 is 2.00 bits per heavy atom. The zero-order valence-corrected chi connectivity index (χ0v) is 14.7. The number of hydrogen-bond acceptors (Lipinski definition) is 8. The number of aryl methyl sites for hydroxylation is 1. The van der Waals surface area contributed by atoms with Crippen LogP contribution in [0.4, 0.5) is 17.6 Å². The third-order valence-electron chi connectivity index (χ3n) is 3.36. The Morgan fingerprint density at radius 3 is 2.84 bits per heavy atom. The van der Waals surface area contributed by atoms with Crippen molar-refractivity contribution in [3.63, 3.8) is 0 Å². The molecule has 7 nitrogen and oxygen atoms in total. The fourth-order valence-corrected chi connectivity index (χ4v) is 3.34. The van der Waals surface area contributed by atoms with Crippen LogP contribution in [-0.4, -0.2) is 19.9 Å². The monoisotopic (exact) mass is 372 g/mol. The van der Waals surface area contributed by atoms with E-state index in [1.165, 1.54) is 0 Å². The van der Waals surface area contributed by atoms with E-state index in [0.29, 0.717) is 18.4 Å². The average Bonchev–Trinajstić information content (AvgIpc) is 3.20. The van der Waals surface area contributed by atoms with Crippen LogP contribution in [0.1, 0.15) is 10.8 Å². The molecule has 0 unspecified atom stereocenters. The molecule has 0 spiro atoms. The summed E-state index contributed by atoms with van der Waals surface area (Å²) in [5, 5.41) is 7.34. The molecular formula is C16H13ClN6OS. The molecule has 3 aromatic heterocycles. The highest BCUT2D eigenvalue weighted by molar-refractivity contribution is 7.18. The van der Waals surface area contributed by atoms with Crippen molar-refractivity contribution in [1.29, 1.82) is 0 Å². The van der Waals surface area contributed by atoms with Crippen molar-refractivity contribution in [3.8, 4) is 0 Å². The number of nitrogens with one attached hydrogen (secondary N) is 2. The van der Waals surface area contributed by atoms with E-state index >= 15 is 0 Å². The van der Waals surface area contributed by atoms with Crippen molar-refractivity contribution in [2.24, 2.45) is 0 Å². The van der Waals surface area contributed by atoms with E-state index in [-0.39, 0.29) is 5.28 Å². The number of rotatable bonds is 5. The topological polar surface area (TPSA) is 88.8 Å². The Morgan fingerprint density at radius 1 is 1.12 bits per heavy atom. The van der Waals surface area contributed by atoms with Crippen LogP contribution in [0.5, 0.6) is 0 Å². The Balaban J connectivity index is 1.54. The molecule has 126 valence electrons. The fraction of sp³-hybridized carbons (Fsp3) is 0.125. The summed E-state index contributed by atoms with van der Waals surface area (Å²) in [5.41, 5.74) is 1.83. The first-order valence-corrected chi connectivity index (χ1v) is 8.67. The van der Waals surface area contributed by atoms with E-state index in [4.69, 9.17) is 16.0 Å². The van der Waals surface area contributed by atoms with Gasteiger partial charge in [-0.15, -0.1) is 11.3 Å². The van der Waals surface area contributed by atoms with Gasteiger partial charge >= 0.3 is 0 Å². The van der Waals surface area contributed by atoms with Crippen LogP contribution in [0.3, 0.4) is 0 Å². The lowest BCUT2D eigenvalue weighted by Crippen LogP contribution is -2.06. The summed E-state index contributed by atoms with van der Waals surface area (Å²) < 4.78 is 6.36. The minimum absolute atomic E-state index is 0.106. The second-order valence-corrected chi connectivity index (χ2v) is 6.80. The maximum Gasteiger partial charge on any atom is 0.233 e. The predicted molar refractivity (Wildman–Crippen MR) is 98.5 cm³/mol. The van der Waals surface area contributed by atoms with Gasteiger partial charge in [-0.25, -0.2) is 4.98 Å². The van der Waals surface area contributed by atoms with Crippen LogP contribution in [0.2, 0.25) is 5.28 Å². The van der Waals surface area contributed by atoms with E-state index in [1.54, 1.807) is 17.6 Å². The van der Waals surface area contributed by atoms with Gasteiger partial charge in [-0.05, 0) is 48.9 Å². The van der Waals surface area contributed by atoms with Gasteiger partial charge in [0, 0.05) is 5.69 Å². The number of anilines is 3. The summed E-state index contributed by atoms with van der Waals surface area (Å²) in [4.78, 5) is 17.0. The van der Waals surface area contributed by atoms with Gasteiger partial charge in [0.2, 0.25) is 17.2 Å². The standard InChI is InChI=1S/C16H13ClN6OS/c1-9-19-12-5-4-10(7-13(12)25-9)20-16-22-14(17)21-15(23-16)18-8-11-3-2-6-24-11/h2-7H,8H2,1H3,(H2,18,20,21,22,23). The first-order valence-electron chi connectivity index (χ1n) is 7.48. The van der Waals surface area contributed by atoms with Gasteiger partial charge < -0.3 is 15.1 Å². The van der Waals surface area contributed by atoms with Gasteiger partial charge in [0.25, 0.3) is 0 Å². The first-order chi connectivity index (χ1) is 12.2. The maximum atomic E-state index is 6.00. The Hall–Kier alpha value is -2.71. The van der Waals surface area contributed by atoms with E-state index in [1.807, 2.05) is 37.3 Å². The third-order valence-corrected chi connectivity index (χ3v) is 4.46. The van der Waals surface area contributed by atoms with Crippen LogP contribution in [0.25, 0.3) is 10.2 Å². The molecule has 9 heteroatoms. The summed E-state index contributed by atoms with van der Waals surface area (Å²) in [5.74, 6) is 1.51. The smallest absolute Gasteiger partial charge is 0.233 e. The summed E-state index contributed by atoms with van der Waals surface area (Å²) in [7, 11) is 0. The number of fused-ring (bicyclic) bond motifs is 1. The maximum absolute atomic E-state index is 6.00. The summed E-state index contributed by atoms with van der Waals surface area (Å²) in [6, 6.07) is 9.58. The van der Waals surface area contributed by atoms with Crippen molar-refractivity contribution in [2.75, 3.05) is 10.6 Å². The Labute approximate surface area is 152 Å². The largest absolute Gasteiger partial charge is 0.467 e. The minimum atomic E-state index is 0.106. The molecule has 4 rings (SSSR count). The molecule has 0 atom stereocenters. The number of nitrogens with zero attached hydrogens (tertiary/aromatic N) is 4. The molecule has 25 heavy (non-hydrogen) atoms. The molecule has 0 aliphatic carbocycles. The highest BCUT2D eigenvalue weighted by Gasteiger charge is 2.08. The van der Waals surface area contributed by atoms with E-state index in [0.717, 1.165) is 26.7 Å². The van der Waals surface area contributed by atoms with E-state index in [9.17, 15) is 0 Å².